The maximum atomic E-state index is 10.3. The van der Waals surface area contributed by atoms with Crippen LogP contribution in [0.3, 0.4) is 0 Å². The fourth-order valence-corrected chi connectivity index (χ4v) is 2.47. The minimum atomic E-state index is -1.02. The molecule has 2 aromatic rings. The topological polar surface area (TPSA) is 78.8 Å². The molecular weight excluding hydrogens is 306 g/mol. The smallest absolute Gasteiger partial charge is 0.404 e. The van der Waals surface area contributed by atoms with Crippen molar-refractivity contribution < 1.29 is 19.7 Å². The molecular formula is C19H23NO4. The lowest BCUT2D eigenvalue weighted by molar-refractivity contribution is 0.193. The molecule has 3 N–H and O–H groups in total. The number of ether oxygens (including phenoxy) is 1. The van der Waals surface area contributed by atoms with E-state index in [4.69, 9.17) is 9.84 Å². The summed E-state index contributed by atoms with van der Waals surface area (Å²) in [6, 6.07) is 15.1. The molecule has 5 nitrogen and oxygen atoms in total. The molecule has 1 amide bonds. The van der Waals surface area contributed by atoms with Crippen LogP contribution in [0, 0.1) is 0 Å². The van der Waals surface area contributed by atoms with E-state index in [0.717, 1.165) is 16.9 Å². The number of hydrogen-bond acceptors (Lipinski definition) is 3. The van der Waals surface area contributed by atoms with Crippen molar-refractivity contribution in [1.29, 1.82) is 0 Å². The Kier molecular flexibility index (Phi) is 5.68. The highest BCUT2D eigenvalue weighted by atomic mass is 16.5. The van der Waals surface area contributed by atoms with Crippen LogP contribution in [0.25, 0.3) is 0 Å². The van der Waals surface area contributed by atoms with Crippen molar-refractivity contribution in [2.75, 3.05) is 13.2 Å². The zero-order valence-corrected chi connectivity index (χ0v) is 14.0. The number of phenols is 1. The molecule has 0 radical (unpaired) electrons. The molecule has 0 saturated carbocycles. The fourth-order valence-electron chi connectivity index (χ4n) is 2.47. The Morgan fingerprint density at radius 3 is 2.12 bits per heavy atom. The van der Waals surface area contributed by atoms with Gasteiger partial charge in [-0.3, -0.25) is 0 Å². The number of nitrogens with one attached hydrogen (secondary N) is 1. The number of phenolic OH excluding ortho intramolecular Hbond substituents is 1. The van der Waals surface area contributed by atoms with Crippen molar-refractivity contribution in [3.8, 4) is 11.5 Å². The summed E-state index contributed by atoms with van der Waals surface area (Å²) in [5.74, 6) is 1.02. The lowest BCUT2D eigenvalue weighted by atomic mass is 9.78. The van der Waals surface area contributed by atoms with E-state index < -0.39 is 6.09 Å². The number of benzene rings is 2. The molecule has 0 aliphatic rings. The van der Waals surface area contributed by atoms with Gasteiger partial charge in [0.15, 0.2) is 0 Å². The van der Waals surface area contributed by atoms with Gasteiger partial charge in [0.05, 0.1) is 6.61 Å². The van der Waals surface area contributed by atoms with Gasteiger partial charge in [0.1, 0.15) is 11.5 Å². The monoisotopic (exact) mass is 329 g/mol. The van der Waals surface area contributed by atoms with E-state index in [1.165, 1.54) is 0 Å². The molecule has 0 aliphatic carbocycles. The van der Waals surface area contributed by atoms with Gasteiger partial charge in [0.2, 0.25) is 0 Å². The average molecular weight is 329 g/mol. The number of carboxylic acid groups (broad SMARTS) is 1. The molecule has 0 aromatic heterocycles. The van der Waals surface area contributed by atoms with Crippen LogP contribution in [0.2, 0.25) is 0 Å². The SMILES string of the molecule is CC(C)(c1ccc(O)cc1)c1ccc(OCCCNC(=O)O)cc1. The summed E-state index contributed by atoms with van der Waals surface area (Å²) in [4.78, 5) is 10.3. The van der Waals surface area contributed by atoms with Gasteiger partial charge in [-0.1, -0.05) is 38.1 Å². The van der Waals surface area contributed by atoms with Crippen LogP contribution in [0.1, 0.15) is 31.4 Å². The normalized spacial score (nSPS) is 11.1. The molecule has 0 spiro atoms. The third-order valence-electron chi connectivity index (χ3n) is 4.03. The maximum absolute atomic E-state index is 10.3. The lowest BCUT2D eigenvalue weighted by Crippen LogP contribution is -2.23. The molecule has 5 heteroatoms. The first-order valence-corrected chi connectivity index (χ1v) is 7.89. The van der Waals surface area contributed by atoms with Gasteiger partial charge in [0, 0.05) is 12.0 Å². The summed E-state index contributed by atoms with van der Waals surface area (Å²) < 4.78 is 5.61. The molecule has 0 bridgehead atoms. The van der Waals surface area contributed by atoms with E-state index in [-0.39, 0.29) is 11.2 Å². The van der Waals surface area contributed by atoms with E-state index in [2.05, 4.69) is 19.2 Å². The van der Waals surface area contributed by atoms with Crippen LogP contribution in [-0.4, -0.2) is 29.5 Å². The van der Waals surface area contributed by atoms with Gasteiger partial charge in [-0.15, -0.1) is 0 Å². The highest BCUT2D eigenvalue weighted by Crippen LogP contribution is 2.33. The Morgan fingerprint density at radius 2 is 1.58 bits per heavy atom. The van der Waals surface area contributed by atoms with Crippen LogP contribution < -0.4 is 10.1 Å². The summed E-state index contributed by atoms with van der Waals surface area (Å²) in [5, 5.41) is 20.2. The molecule has 0 saturated heterocycles. The summed E-state index contributed by atoms with van der Waals surface area (Å²) in [7, 11) is 0. The zero-order valence-electron chi connectivity index (χ0n) is 14.0. The first-order valence-electron chi connectivity index (χ1n) is 7.89. The van der Waals surface area contributed by atoms with Crippen LogP contribution in [-0.2, 0) is 5.41 Å². The molecule has 0 heterocycles. The third-order valence-corrected chi connectivity index (χ3v) is 4.03. The number of amides is 1. The van der Waals surface area contributed by atoms with E-state index in [9.17, 15) is 9.90 Å². The Balaban J connectivity index is 1.95. The van der Waals surface area contributed by atoms with E-state index in [1.807, 2.05) is 36.4 Å². The molecule has 0 atom stereocenters. The van der Waals surface area contributed by atoms with Gasteiger partial charge in [-0.2, -0.15) is 0 Å². The lowest BCUT2D eigenvalue weighted by Gasteiger charge is -2.26. The average Bonchev–Trinajstić information content (AvgIpc) is 2.55. The highest BCUT2D eigenvalue weighted by molar-refractivity contribution is 5.64. The van der Waals surface area contributed by atoms with Crippen LogP contribution in [0.4, 0.5) is 4.79 Å². The summed E-state index contributed by atoms with van der Waals surface area (Å²) >= 11 is 0. The summed E-state index contributed by atoms with van der Waals surface area (Å²) in [6.07, 6.45) is -0.400. The number of rotatable bonds is 7. The Hall–Kier alpha value is -2.69. The van der Waals surface area contributed by atoms with Crippen molar-refractivity contribution in [3.05, 3.63) is 59.7 Å². The van der Waals surface area contributed by atoms with Gasteiger partial charge in [-0.05, 0) is 41.8 Å². The van der Waals surface area contributed by atoms with Crippen molar-refractivity contribution in [2.24, 2.45) is 0 Å². The van der Waals surface area contributed by atoms with Crippen molar-refractivity contribution >= 4 is 6.09 Å². The third kappa shape index (κ3) is 4.65. The minimum Gasteiger partial charge on any atom is -0.508 e. The Labute approximate surface area is 141 Å². The van der Waals surface area contributed by atoms with Crippen LogP contribution in [0.15, 0.2) is 48.5 Å². The van der Waals surface area contributed by atoms with Crippen LogP contribution in [0.5, 0.6) is 11.5 Å². The molecule has 2 aromatic carbocycles. The molecule has 128 valence electrons. The van der Waals surface area contributed by atoms with Gasteiger partial charge in [-0.25, -0.2) is 4.79 Å². The van der Waals surface area contributed by atoms with Crippen molar-refractivity contribution in [2.45, 2.75) is 25.7 Å². The second kappa shape index (κ2) is 7.73. The predicted octanol–water partition coefficient (Wildman–Crippen LogP) is 3.75. The van der Waals surface area contributed by atoms with E-state index in [1.54, 1.807) is 12.1 Å². The highest BCUT2D eigenvalue weighted by Gasteiger charge is 2.22. The summed E-state index contributed by atoms with van der Waals surface area (Å²) in [6.45, 7) is 5.10. The second-order valence-corrected chi connectivity index (χ2v) is 6.13. The second-order valence-electron chi connectivity index (χ2n) is 6.13. The molecule has 0 fully saturated rings. The van der Waals surface area contributed by atoms with Crippen LogP contribution >= 0.6 is 0 Å². The standard InChI is InChI=1S/C19H23NO4/c1-19(2,14-4-8-16(21)9-5-14)15-6-10-17(11-7-15)24-13-3-12-20-18(22)23/h4-11,20-21H,3,12-13H2,1-2H3,(H,22,23). The van der Waals surface area contributed by atoms with Crippen molar-refractivity contribution in [3.63, 3.8) is 0 Å². The number of carbonyl (C=O) groups is 1. The predicted molar refractivity (Wildman–Crippen MR) is 92.8 cm³/mol. The van der Waals surface area contributed by atoms with E-state index >= 15 is 0 Å². The van der Waals surface area contributed by atoms with E-state index in [0.29, 0.717) is 19.6 Å². The van der Waals surface area contributed by atoms with Crippen molar-refractivity contribution in [1.82, 2.24) is 5.32 Å². The first-order chi connectivity index (χ1) is 11.4. The maximum Gasteiger partial charge on any atom is 0.404 e. The largest absolute Gasteiger partial charge is 0.508 e. The molecule has 0 unspecified atom stereocenters. The first kappa shape index (κ1) is 17.7. The summed E-state index contributed by atoms with van der Waals surface area (Å²) in [5.41, 5.74) is 2.08. The zero-order chi connectivity index (χ0) is 17.6. The Morgan fingerprint density at radius 1 is 1.04 bits per heavy atom. The fraction of sp³-hybridized carbons (Fsp3) is 0.316. The molecule has 0 aliphatic heterocycles. The Bertz CT molecular complexity index is 663. The van der Waals surface area contributed by atoms with Gasteiger partial charge < -0.3 is 20.3 Å². The molecule has 24 heavy (non-hydrogen) atoms. The molecule has 2 rings (SSSR count). The minimum absolute atomic E-state index is 0.183. The number of aromatic hydroxyl groups is 1. The van der Waals surface area contributed by atoms with Gasteiger partial charge in [0.25, 0.3) is 0 Å². The number of hydrogen-bond donors (Lipinski definition) is 3. The quantitative estimate of drug-likeness (QED) is 0.676. The van der Waals surface area contributed by atoms with Gasteiger partial charge >= 0.3 is 6.09 Å².